The molecule has 3 aromatic rings. The minimum atomic E-state index is -3.90. The Balaban J connectivity index is 1.82. The van der Waals surface area contributed by atoms with Crippen LogP contribution in [0.2, 0.25) is 0 Å². The number of rotatable bonds is 8. The Morgan fingerprint density at radius 3 is 2.32 bits per heavy atom. The lowest BCUT2D eigenvalue weighted by molar-refractivity contribution is 0.0512. The quantitative estimate of drug-likeness (QED) is 0.467. The first-order valence-corrected chi connectivity index (χ1v) is 12.2. The van der Waals surface area contributed by atoms with Crippen molar-refractivity contribution in [1.29, 1.82) is 0 Å². The maximum absolute atomic E-state index is 13.0. The Morgan fingerprint density at radius 2 is 1.74 bits per heavy atom. The van der Waals surface area contributed by atoms with E-state index in [-0.39, 0.29) is 17.5 Å². The van der Waals surface area contributed by atoms with Crippen LogP contribution in [-0.2, 0) is 21.3 Å². The van der Waals surface area contributed by atoms with E-state index in [0.717, 1.165) is 0 Å². The van der Waals surface area contributed by atoms with Crippen molar-refractivity contribution in [3.63, 3.8) is 0 Å². The molecule has 0 saturated heterocycles. The van der Waals surface area contributed by atoms with Crippen LogP contribution in [0.25, 0.3) is 0 Å². The van der Waals surface area contributed by atoms with Crippen LogP contribution < -0.4 is 10.0 Å². The normalized spacial score (nSPS) is 11.2. The van der Waals surface area contributed by atoms with Gasteiger partial charge in [-0.3, -0.25) is 4.79 Å². The van der Waals surface area contributed by atoms with E-state index in [0.29, 0.717) is 40.4 Å². The molecule has 1 amide bonds. The molecule has 0 radical (unpaired) electrons. The van der Waals surface area contributed by atoms with Crippen LogP contribution in [-0.4, -0.2) is 41.4 Å². The molecule has 0 aliphatic heterocycles. The molecule has 0 bridgehead atoms. The predicted molar refractivity (Wildman–Crippen MR) is 128 cm³/mol. The standard InChI is InChI=1S/C23H27N5O5S/c1-6-28-16(5)19(15(4)20(28)22(30)33-7-2)21(29)26-17-8-10-18(11-9-17)34(31,32)27-23-24-13-12-14(3)25-23/h8-13H,6-7H2,1-5H3,(H,26,29)(H,24,25,27). The number of nitrogens with one attached hydrogen (secondary N) is 2. The van der Waals surface area contributed by atoms with Crippen molar-refractivity contribution in [1.82, 2.24) is 14.5 Å². The summed E-state index contributed by atoms with van der Waals surface area (Å²) in [6.45, 7) is 9.53. The van der Waals surface area contributed by atoms with Crippen LogP contribution in [0.4, 0.5) is 11.6 Å². The highest BCUT2D eigenvalue weighted by atomic mass is 32.2. The second kappa shape index (κ2) is 10.0. The molecule has 0 saturated carbocycles. The Morgan fingerprint density at radius 1 is 1.06 bits per heavy atom. The van der Waals surface area contributed by atoms with Gasteiger partial charge < -0.3 is 14.6 Å². The lowest BCUT2D eigenvalue weighted by Crippen LogP contribution is -2.16. The van der Waals surface area contributed by atoms with Gasteiger partial charge in [-0.05, 0) is 70.5 Å². The number of amides is 1. The second-order valence-corrected chi connectivity index (χ2v) is 9.19. The first-order valence-electron chi connectivity index (χ1n) is 10.7. The summed E-state index contributed by atoms with van der Waals surface area (Å²) in [5.41, 5.74) is 2.91. The van der Waals surface area contributed by atoms with Gasteiger partial charge in [0.1, 0.15) is 5.69 Å². The summed E-state index contributed by atoms with van der Waals surface area (Å²) in [5.74, 6) is -0.917. The fourth-order valence-corrected chi connectivity index (χ4v) is 4.63. The number of carbonyl (C=O) groups is 2. The third-order valence-electron chi connectivity index (χ3n) is 5.22. The van der Waals surface area contributed by atoms with Crippen molar-refractivity contribution in [2.24, 2.45) is 0 Å². The van der Waals surface area contributed by atoms with Crippen LogP contribution in [0, 0.1) is 20.8 Å². The molecule has 180 valence electrons. The Bertz CT molecular complexity index is 1330. The summed E-state index contributed by atoms with van der Waals surface area (Å²) in [7, 11) is -3.90. The average Bonchev–Trinajstić information content (AvgIpc) is 3.03. The molecule has 10 nitrogen and oxygen atoms in total. The molecule has 0 aliphatic carbocycles. The molecule has 1 aromatic carbocycles. The molecular weight excluding hydrogens is 458 g/mol. The largest absolute Gasteiger partial charge is 0.461 e. The van der Waals surface area contributed by atoms with Gasteiger partial charge in [0.25, 0.3) is 15.9 Å². The number of ether oxygens (including phenoxy) is 1. The molecule has 0 unspecified atom stereocenters. The van der Waals surface area contributed by atoms with E-state index in [1.807, 2.05) is 6.92 Å². The van der Waals surface area contributed by atoms with Gasteiger partial charge in [-0.1, -0.05) is 0 Å². The zero-order valence-corrected chi connectivity index (χ0v) is 20.5. The Kier molecular flexibility index (Phi) is 7.35. The van der Waals surface area contributed by atoms with E-state index < -0.39 is 21.9 Å². The monoisotopic (exact) mass is 485 g/mol. The first kappa shape index (κ1) is 24.9. The minimum absolute atomic E-state index is 0.00954. The highest BCUT2D eigenvalue weighted by Crippen LogP contribution is 2.25. The Hall–Kier alpha value is -3.73. The van der Waals surface area contributed by atoms with Crippen LogP contribution in [0.1, 0.15) is 51.6 Å². The molecule has 34 heavy (non-hydrogen) atoms. The first-order chi connectivity index (χ1) is 16.1. The number of aryl methyl sites for hydroxylation is 1. The van der Waals surface area contributed by atoms with Gasteiger partial charge in [-0.25, -0.2) is 27.9 Å². The van der Waals surface area contributed by atoms with E-state index in [1.54, 1.807) is 38.3 Å². The number of aromatic nitrogens is 3. The summed E-state index contributed by atoms with van der Waals surface area (Å²) in [6, 6.07) is 7.36. The molecule has 3 rings (SSSR count). The number of anilines is 2. The van der Waals surface area contributed by atoms with E-state index in [4.69, 9.17) is 4.74 Å². The van der Waals surface area contributed by atoms with E-state index >= 15 is 0 Å². The molecule has 0 fully saturated rings. The number of hydrogen-bond donors (Lipinski definition) is 2. The van der Waals surface area contributed by atoms with Gasteiger partial charge in [0.05, 0.1) is 17.1 Å². The third kappa shape index (κ3) is 5.09. The van der Waals surface area contributed by atoms with Crippen molar-refractivity contribution in [2.75, 3.05) is 16.6 Å². The summed E-state index contributed by atoms with van der Waals surface area (Å²) in [4.78, 5) is 33.4. The van der Waals surface area contributed by atoms with Crippen molar-refractivity contribution < 1.29 is 22.7 Å². The number of esters is 1. The predicted octanol–water partition coefficient (Wildman–Crippen LogP) is 3.45. The van der Waals surface area contributed by atoms with Crippen molar-refractivity contribution in [3.8, 4) is 0 Å². The fraction of sp³-hybridized carbons (Fsp3) is 0.304. The summed E-state index contributed by atoms with van der Waals surface area (Å²) in [5, 5.41) is 2.77. The Labute approximate surface area is 198 Å². The van der Waals surface area contributed by atoms with Gasteiger partial charge in [0.15, 0.2) is 0 Å². The van der Waals surface area contributed by atoms with Gasteiger partial charge in [0, 0.05) is 29.8 Å². The van der Waals surface area contributed by atoms with Crippen molar-refractivity contribution in [3.05, 3.63) is 64.7 Å². The molecule has 0 aliphatic rings. The number of carbonyl (C=O) groups excluding carboxylic acids is 2. The molecule has 2 N–H and O–H groups in total. The fourth-order valence-electron chi connectivity index (χ4n) is 3.68. The topological polar surface area (TPSA) is 132 Å². The second-order valence-electron chi connectivity index (χ2n) is 7.50. The highest BCUT2D eigenvalue weighted by molar-refractivity contribution is 7.92. The number of sulfonamides is 1. The van der Waals surface area contributed by atoms with Crippen LogP contribution in [0.5, 0.6) is 0 Å². The molecule has 0 spiro atoms. The van der Waals surface area contributed by atoms with E-state index in [2.05, 4.69) is 20.0 Å². The van der Waals surface area contributed by atoms with Crippen LogP contribution >= 0.6 is 0 Å². The zero-order chi connectivity index (χ0) is 25.0. The van der Waals surface area contributed by atoms with Crippen LogP contribution in [0.3, 0.4) is 0 Å². The van der Waals surface area contributed by atoms with E-state index in [9.17, 15) is 18.0 Å². The summed E-state index contributed by atoms with van der Waals surface area (Å²) in [6.07, 6.45) is 1.46. The van der Waals surface area contributed by atoms with E-state index in [1.165, 1.54) is 30.5 Å². The SMILES string of the molecule is CCOC(=O)c1c(C)c(C(=O)Nc2ccc(S(=O)(=O)Nc3nccc(C)n3)cc2)c(C)n1CC. The van der Waals surface area contributed by atoms with Gasteiger partial charge in [-0.2, -0.15) is 0 Å². The zero-order valence-electron chi connectivity index (χ0n) is 19.7. The molecule has 0 atom stereocenters. The number of hydrogen-bond acceptors (Lipinski definition) is 7. The maximum Gasteiger partial charge on any atom is 0.355 e. The molecule has 2 aromatic heterocycles. The lowest BCUT2D eigenvalue weighted by Gasteiger charge is -2.09. The average molecular weight is 486 g/mol. The number of benzene rings is 1. The lowest BCUT2D eigenvalue weighted by atomic mass is 10.1. The van der Waals surface area contributed by atoms with Crippen molar-refractivity contribution in [2.45, 2.75) is 46.1 Å². The number of nitrogens with zero attached hydrogens (tertiary/aromatic N) is 3. The minimum Gasteiger partial charge on any atom is -0.461 e. The molecule has 11 heteroatoms. The van der Waals surface area contributed by atoms with Crippen LogP contribution in [0.15, 0.2) is 41.4 Å². The van der Waals surface area contributed by atoms with Gasteiger partial charge in [-0.15, -0.1) is 0 Å². The highest BCUT2D eigenvalue weighted by Gasteiger charge is 2.26. The van der Waals surface area contributed by atoms with Gasteiger partial charge in [0.2, 0.25) is 5.95 Å². The van der Waals surface area contributed by atoms with Gasteiger partial charge >= 0.3 is 5.97 Å². The molecular formula is C23H27N5O5S. The summed E-state index contributed by atoms with van der Waals surface area (Å²) < 4.78 is 34.5. The van der Waals surface area contributed by atoms with Crippen molar-refractivity contribution >= 4 is 33.5 Å². The molecule has 2 heterocycles. The summed E-state index contributed by atoms with van der Waals surface area (Å²) >= 11 is 0. The smallest absolute Gasteiger partial charge is 0.355 e. The third-order valence-corrected chi connectivity index (χ3v) is 6.57. The maximum atomic E-state index is 13.0.